The predicted octanol–water partition coefficient (Wildman–Crippen LogP) is 2.68. The highest BCUT2D eigenvalue weighted by molar-refractivity contribution is 7.10. The normalized spacial score (nSPS) is 22.2. The SMILES string of the molecule is Cc1oc2nc1C(=O)N[C@H](C)c1nc(cs1)C(=O)N[C@H](C)c1nc(cs1)C(=O)N[C@H]2C. The van der Waals surface area contributed by atoms with Gasteiger partial charge in [0, 0.05) is 10.8 Å². The molecule has 1 aliphatic rings. The Hall–Kier alpha value is -3.12. The van der Waals surface area contributed by atoms with Gasteiger partial charge in [0.25, 0.3) is 17.7 Å². The Morgan fingerprint density at radius 1 is 0.774 bits per heavy atom. The van der Waals surface area contributed by atoms with Crippen LogP contribution < -0.4 is 16.0 Å². The lowest BCUT2D eigenvalue weighted by atomic mass is 10.3. The topological polar surface area (TPSA) is 139 Å². The molecule has 3 N–H and O–H groups in total. The summed E-state index contributed by atoms with van der Waals surface area (Å²) in [6, 6.07) is -1.42. The van der Waals surface area contributed by atoms with Gasteiger partial charge in [-0.25, -0.2) is 15.0 Å². The summed E-state index contributed by atoms with van der Waals surface area (Å²) >= 11 is 2.55. The van der Waals surface area contributed by atoms with Crippen molar-refractivity contribution in [2.24, 2.45) is 0 Å². The number of hydrogen-bond acceptors (Lipinski definition) is 9. The van der Waals surface area contributed by atoms with Crippen LogP contribution in [0.15, 0.2) is 15.2 Å². The lowest BCUT2D eigenvalue weighted by Gasteiger charge is -2.11. The molecule has 10 nitrogen and oxygen atoms in total. The van der Waals surface area contributed by atoms with Crippen LogP contribution in [0, 0.1) is 6.92 Å². The van der Waals surface area contributed by atoms with Crippen LogP contribution in [-0.4, -0.2) is 32.7 Å². The number of hydrogen-bond donors (Lipinski definition) is 3. The minimum absolute atomic E-state index is 0.128. The first-order valence-corrected chi connectivity index (χ1v) is 11.3. The molecule has 4 heterocycles. The molecule has 3 amide bonds. The quantitative estimate of drug-likeness (QED) is 0.469. The monoisotopic (exact) mass is 460 g/mol. The zero-order chi connectivity index (χ0) is 22.3. The third-order valence-corrected chi connectivity index (χ3v) is 6.75. The summed E-state index contributed by atoms with van der Waals surface area (Å²) in [4.78, 5) is 50.9. The van der Waals surface area contributed by atoms with Gasteiger partial charge in [-0.2, -0.15) is 0 Å². The van der Waals surface area contributed by atoms with Crippen molar-refractivity contribution in [1.82, 2.24) is 30.9 Å². The maximum absolute atomic E-state index is 12.7. The molecular weight excluding hydrogens is 440 g/mol. The Bertz CT molecular complexity index is 1170. The lowest BCUT2D eigenvalue weighted by Crippen LogP contribution is -2.30. The molecule has 12 heteroatoms. The van der Waals surface area contributed by atoms with Crippen molar-refractivity contribution in [3.63, 3.8) is 0 Å². The van der Waals surface area contributed by atoms with Crippen LogP contribution in [0.4, 0.5) is 0 Å². The molecule has 162 valence electrons. The fraction of sp³-hybridized carbons (Fsp3) is 0.368. The number of nitrogens with zero attached hydrogens (tertiary/aromatic N) is 3. The summed E-state index contributed by atoms with van der Waals surface area (Å²) in [5, 5.41) is 12.9. The minimum Gasteiger partial charge on any atom is -0.443 e. The summed E-state index contributed by atoms with van der Waals surface area (Å²) < 4.78 is 5.62. The van der Waals surface area contributed by atoms with Gasteiger partial charge >= 0.3 is 0 Å². The number of amides is 3. The molecule has 0 saturated heterocycles. The summed E-state index contributed by atoms with van der Waals surface area (Å²) in [5.41, 5.74) is 0.598. The average molecular weight is 461 g/mol. The van der Waals surface area contributed by atoms with Crippen LogP contribution >= 0.6 is 22.7 Å². The molecular formula is C19H20N6O4S2. The van der Waals surface area contributed by atoms with E-state index in [4.69, 9.17) is 4.42 Å². The van der Waals surface area contributed by atoms with Crippen molar-refractivity contribution in [2.75, 3.05) is 0 Å². The number of aryl methyl sites for hydroxylation is 1. The van der Waals surface area contributed by atoms with E-state index < -0.39 is 29.9 Å². The number of rotatable bonds is 0. The van der Waals surface area contributed by atoms with E-state index in [9.17, 15) is 14.4 Å². The Morgan fingerprint density at radius 2 is 1.26 bits per heavy atom. The molecule has 3 aromatic heterocycles. The van der Waals surface area contributed by atoms with Gasteiger partial charge in [0.15, 0.2) is 5.69 Å². The van der Waals surface area contributed by atoms with E-state index in [1.54, 1.807) is 38.5 Å². The van der Waals surface area contributed by atoms with Crippen molar-refractivity contribution in [3.8, 4) is 0 Å². The zero-order valence-corrected chi connectivity index (χ0v) is 18.8. The first kappa shape index (κ1) is 21.1. The highest BCUT2D eigenvalue weighted by Crippen LogP contribution is 2.23. The van der Waals surface area contributed by atoms with Gasteiger partial charge in [0.1, 0.15) is 33.2 Å². The van der Waals surface area contributed by atoms with Crippen molar-refractivity contribution in [2.45, 2.75) is 45.8 Å². The van der Waals surface area contributed by atoms with E-state index in [0.29, 0.717) is 15.8 Å². The fourth-order valence-corrected chi connectivity index (χ4v) is 4.60. The van der Waals surface area contributed by atoms with Crippen LogP contribution in [0.25, 0.3) is 0 Å². The summed E-state index contributed by atoms with van der Waals surface area (Å²) in [6.07, 6.45) is 0. The largest absolute Gasteiger partial charge is 0.443 e. The number of thiazole rings is 2. The number of oxazole rings is 1. The third kappa shape index (κ3) is 4.21. The van der Waals surface area contributed by atoms with Crippen LogP contribution in [0.5, 0.6) is 0 Å². The third-order valence-electron chi connectivity index (χ3n) is 4.69. The zero-order valence-electron chi connectivity index (χ0n) is 17.2. The first-order valence-electron chi connectivity index (χ1n) is 9.53. The second kappa shape index (κ2) is 8.19. The molecule has 0 unspecified atom stereocenters. The number of aromatic nitrogens is 3. The molecule has 0 aromatic carbocycles. The Labute approximate surface area is 185 Å². The van der Waals surface area contributed by atoms with Crippen LogP contribution in [-0.2, 0) is 0 Å². The number of nitrogens with one attached hydrogen (secondary N) is 3. The molecule has 0 fully saturated rings. The van der Waals surface area contributed by atoms with Gasteiger partial charge in [-0.3, -0.25) is 14.4 Å². The average Bonchev–Trinajstić information content (AvgIpc) is 3.46. The molecule has 0 radical (unpaired) electrons. The van der Waals surface area contributed by atoms with E-state index in [0.717, 1.165) is 0 Å². The van der Waals surface area contributed by atoms with Gasteiger partial charge in [-0.15, -0.1) is 22.7 Å². The summed E-state index contributed by atoms with van der Waals surface area (Å²) in [5.74, 6) is -0.644. The van der Waals surface area contributed by atoms with Crippen LogP contribution in [0.1, 0.15) is 92.0 Å². The maximum Gasteiger partial charge on any atom is 0.274 e. The second-order valence-electron chi connectivity index (χ2n) is 7.18. The number of carbonyl (C=O) groups excluding carboxylic acids is 3. The van der Waals surface area contributed by atoms with Gasteiger partial charge in [-0.1, -0.05) is 0 Å². The summed E-state index contributed by atoms with van der Waals surface area (Å²) in [7, 11) is 0. The number of fused-ring (bicyclic) bond motifs is 6. The highest BCUT2D eigenvalue weighted by Gasteiger charge is 2.26. The van der Waals surface area contributed by atoms with Crippen molar-refractivity contribution in [3.05, 3.63) is 49.5 Å². The van der Waals surface area contributed by atoms with Crippen LogP contribution in [0.2, 0.25) is 0 Å². The predicted molar refractivity (Wildman–Crippen MR) is 113 cm³/mol. The molecule has 1 aliphatic heterocycles. The van der Waals surface area contributed by atoms with E-state index in [-0.39, 0.29) is 28.9 Å². The molecule has 6 bridgehead atoms. The summed E-state index contributed by atoms with van der Waals surface area (Å²) in [6.45, 7) is 6.90. The van der Waals surface area contributed by atoms with Crippen molar-refractivity contribution in [1.29, 1.82) is 0 Å². The van der Waals surface area contributed by atoms with Crippen LogP contribution in [0.3, 0.4) is 0 Å². The molecule has 31 heavy (non-hydrogen) atoms. The molecule has 3 aromatic rings. The Kier molecular flexibility index (Phi) is 5.58. The standard InChI is InChI=1S/C19H20N6O4S2/c1-7-17-25-13(10(4)29-17)16(28)22-9(3)19-24-12(6-31-19)15(27)21-8(2)18-23-11(5-30-18)14(26)20-7/h5-9H,1-4H3,(H,20,26)(H,21,27)(H,22,28)/t7-,8+,9+/m0/s1. The Morgan fingerprint density at radius 3 is 1.81 bits per heavy atom. The molecule has 4 rings (SSSR count). The Balaban J connectivity index is 1.71. The van der Waals surface area contributed by atoms with E-state index in [2.05, 4.69) is 30.9 Å². The van der Waals surface area contributed by atoms with E-state index in [1.807, 2.05) is 0 Å². The van der Waals surface area contributed by atoms with Gasteiger partial charge in [-0.05, 0) is 27.7 Å². The molecule has 0 saturated carbocycles. The number of carbonyl (C=O) groups is 3. The molecule has 3 atom stereocenters. The van der Waals surface area contributed by atoms with E-state index >= 15 is 0 Å². The van der Waals surface area contributed by atoms with Gasteiger partial charge < -0.3 is 20.4 Å². The smallest absolute Gasteiger partial charge is 0.274 e. The first-order chi connectivity index (χ1) is 14.7. The lowest BCUT2D eigenvalue weighted by molar-refractivity contribution is 0.0924. The maximum atomic E-state index is 12.7. The van der Waals surface area contributed by atoms with Crippen molar-refractivity contribution >= 4 is 40.4 Å². The fourth-order valence-electron chi connectivity index (χ4n) is 2.99. The minimum atomic E-state index is -0.576. The van der Waals surface area contributed by atoms with Crippen molar-refractivity contribution < 1.29 is 18.8 Å². The molecule has 0 aliphatic carbocycles. The van der Waals surface area contributed by atoms with E-state index in [1.165, 1.54) is 22.7 Å². The second-order valence-corrected chi connectivity index (χ2v) is 8.96. The van der Waals surface area contributed by atoms with Gasteiger partial charge in [0.05, 0.1) is 12.1 Å². The highest BCUT2D eigenvalue weighted by atomic mass is 32.1. The molecule has 0 spiro atoms. The van der Waals surface area contributed by atoms with Gasteiger partial charge in [0.2, 0.25) is 5.89 Å².